The van der Waals surface area contributed by atoms with E-state index in [9.17, 15) is 0 Å². The Hall–Kier alpha value is -3.49. The maximum atomic E-state index is 15.6. The summed E-state index contributed by atoms with van der Waals surface area (Å²) in [5.74, 6) is 0. The summed E-state index contributed by atoms with van der Waals surface area (Å²) in [6, 6.07) is 48.7. The van der Waals surface area contributed by atoms with E-state index in [0.717, 1.165) is 24.9 Å². The highest BCUT2D eigenvalue weighted by Gasteiger charge is 2.52. The van der Waals surface area contributed by atoms with Crippen LogP contribution >= 0.6 is 39.0 Å². The molecule has 1 nitrogen and oxygen atoms in total. The van der Waals surface area contributed by atoms with Crippen LogP contribution in [0.4, 0.5) is 0 Å². The van der Waals surface area contributed by atoms with Gasteiger partial charge in [-0.15, -0.1) is 0 Å². The first kappa shape index (κ1) is 25.2. The fraction of sp³-hybridized carbons (Fsp3) is 0.0270. The van der Waals surface area contributed by atoms with E-state index in [2.05, 4.69) is 123 Å². The number of rotatable bonds is 3. The van der Waals surface area contributed by atoms with Gasteiger partial charge in [0, 0.05) is 24.9 Å². The molecule has 0 aliphatic heterocycles. The number of fused-ring (bicyclic) bond motifs is 10. The third kappa shape index (κ3) is 3.43. The highest BCUT2D eigenvalue weighted by Crippen LogP contribution is 2.63. The molecule has 0 N–H and O–H groups in total. The van der Waals surface area contributed by atoms with Gasteiger partial charge in [0.25, 0.3) is 0 Å². The molecule has 6 aromatic rings. The van der Waals surface area contributed by atoms with Gasteiger partial charge in [0.1, 0.15) is 0 Å². The molecule has 0 radical (unpaired) electrons. The minimum atomic E-state index is -3.24. The molecular weight excluding hydrogens is 651 g/mol. The smallest absolute Gasteiger partial charge is 0.171 e. The van der Waals surface area contributed by atoms with Gasteiger partial charge in [-0.25, -0.2) is 0 Å². The van der Waals surface area contributed by atoms with Crippen molar-refractivity contribution in [2.45, 2.75) is 5.41 Å². The quantitative estimate of drug-likeness (QED) is 0.171. The van der Waals surface area contributed by atoms with E-state index in [4.69, 9.17) is 0 Å². The van der Waals surface area contributed by atoms with Crippen LogP contribution in [0.3, 0.4) is 0 Å². The van der Waals surface area contributed by atoms with Gasteiger partial charge >= 0.3 is 0 Å². The van der Waals surface area contributed by atoms with Gasteiger partial charge in [0.15, 0.2) is 7.14 Å². The number of hydrogen-bond acceptors (Lipinski definition) is 1. The lowest BCUT2D eigenvalue weighted by atomic mass is 9.70. The summed E-state index contributed by atoms with van der Waals surface area (Å²) in [6.07, 6.45) is 0. The lowest BCUT2D eigenvalue weighted by molar-refractivity contribution is 0.592. The lowest BCUT2D eigenvalue weighted by Gasteiger charge is -2.31. The topological polar surface area (TPSA) is 17.1 Å². The molecule has 0 bridgehead atoms. The third-order valence-corrected chi connectivity index (χ3v) is 12.7. The lowest BCUT2D eigenvalue weighted by Crippen LogP contribution is -2.29. The zero-order valence-corrected chi connectivity index (χ0v) is 26.0. The largest absolute Gasteiger partial charge is 0.309 e. The minimum absolute atomic E-state index is 0.478. The van der Waals surface area contributed by atoms with Crippen LogP contribution in [0.1, 0.15) is 22.3 Å². The van der Waals surface area contributed by atoms with Crippen molar-refractivity contribution in [2.75, 3.05) is 0 Å². The molecule has 41 heavy (non-hydrogen) atoms. The minimum Gasteiger partial charge on any atom is -0.309 e. The summed E-state index contributed by atoms with van der Waals surface area (Å²) in [7, 11) is -3.24. The Kier molecular flexibility index (Phi) is 5.70. The Balaban J connectivity index is 1.49. The average molecular weight is 674 g/mol. The van der Waals surface area contributed by atoms with E-state index >= 15 is 4.57 Å². The van der Waals surface area contributed by atoms with Gasteiger partial charge in [0.2, 0.25) is 0 Å². The standard InChI is InChI=1S/C37H23Br2OP/c38-24-9-7-11-26(21-24)41(40,27-12-8-10-25(39)22-27)28-19-20-32-31-15-3-6-18-35(31)37(36(32)23-28)33-16-4-1-13-29(33)30-14-2-5-17-34(30)37/h1-23H. The number of hydrogen-bond donors (Lipinski definition) is 0. The fourth-order valence-corrected chi connectivity index (χ4v) is 10.9. The van der Waals surface area contributed by atoms with Crippen molar-refractivity contribution in [3.63, 3.8) is 0 Å². The van der Waals surface area contributed by atoms with Gasteiger partial charge in [-0.1, -0.05) is 141 Å². The van der Waals surface area contributed by atoms with Crippen LogP contribution in [-0.4, -0.2) is 0 Å². The van der Waals surface area contributed by atoms with Crippen LogP contribution in [0.2, 0.25) is 0 Å². The van der Waals surface area contributed by atoms with Crippen LogP contribution in [0.5, 0.6) is 0 Å². The SMILES string of the molecule is O=P(c1cccc(Br)c1)(c1cccc(Br)c1)c1ccc2c(c1)C1(c3ccccc3-c3ccccc31)c1ccccc1-2. The summed E-state index contributed by atoms with van der Waals surface area (Å²) >= 11 is 7.28. The molecular formula is C37H23Br2OP. The summed E-state index contributed by atoms with van der Waals surface area (Å²) in [6.45, 7) is 0. The second-order valence-corrected chi connectivity index (χ2v) is 15.3. The predicted octanol–water partition coefficient (Wildman–Crippen LogP) is 9.19. The molecule has 0 aromatic heterocycles. The monoisotopic (exact) mass is 672 g/mol. The van der Waals surface area contributed by atoms with Gasteiger partial charge in [0.05, 0.1) is 5.41 Å². The molecule has 0 atom stereocenters. The van der Waals surface area contributed by atoms with E-state index in [1.807, 2.05) is 48.5 Å². The summed E-state index contributed by atoms with van der Waals surface area (Å²) in [5, 5.41) is 2.45. The van der Waals surface area contributed by atoms with Crippen molar-refractivity contribution in [2.24, 2.45) is 0 Å². The Morgan fingerprint density at radius 3 is 1.29 bits per heavy atom. The molecule has 2 aliphatic rings. The molecule has 1 spiro atoms. The Morgan fingerprint density at radius 2 is 0.829 bits per heavy atom. The predicted molar refractivity (Wildman–Crippen MR) is 178 cm³/mol. The van der Waals surface area contributed by atoms with Crippen LogP contribution in [0.25, 0.3) is 22.3 Å². The van der Waals surface area contributed by atoms with E-state index in [1.54, 1.807) is 0 Å². The van der Waals surface area contributed by atoms with Gasteiger partial charge in [-0.2, -0.15) is 0 Å². The molecule has 8 rings (SSSR count). The zero-order chi connectivity index (χ0) is 27.8. The van der Waals surface area contributed by atoms with Gasteiger partial charge in [-0.3, -0.25) is 0 Å². The molecule has 6 aromatic carbocycles. The van der Waals surface area contributed by atoms with Crippen molar-refractivity contribution in [3.8, 4) is 22.3 Å². The van der Waals surface area contributed by atoms with Crippen molar-refractivity contribution in [1.82, 2.24) is 0 Å². The average Bonchev–Trinajstić information content (AvgIpc) is 3.48. The van der Waals surface area contributed by atoms with Gasteiger partial charge < -0.3 is 4.57 Å². The summed E-state index contributed by atoms with van der Waals surface area (Å²) < 4.78 is 17.5. The van der Waals surface area contributed by atoms with Crippen molar-refractivity contribution in [1.29, 1.82) is 0 Å². The normalized spacial score (nSPS) is 13.9. The highest BCUT2D eigenvalue weighted by molar-refractivity contribution is 9.10. The van der Waals surface area contributed by atoms with E-state index < -0.39 is 12.6 Å². The second-order valence-electron chi connectivity index (χ2n) is 10.7. The van der Waals surface area contributed by atoms with Crippen molar-refractivity contribution < 1.29 is 4.57 Å². The van der Waals surface area contributed by atoms with Crippen LogP contribution in [0.15, 0.2) is 148 Å². The van der Waals surface area contributed by atoms with E-state index in [1.165, 1.54) is 44.5 Å². The van der Waals surface area contributed by atoms with E-state index in [0.29, 0.717) is 0 Å². The fourth-order valence-electron chi connectivity index (χ4n) is 7.07. The number of benzene rings is 6. The van der Waals surface area contributed by atoms with Crippen LogP contribution < -0.4 is 15.9 Å². The second kappa shape index (κ2) is 9.26. The van der Waals surface area contributed by atoms with Gasteiger partial charge in [-0.05, 0) is 74.8 Å². The van der Waals surface area contributed by atoms with Crippen LogP contribution in [0, 0.1) is 0 Å². The molecule has 4 heteroatoms. The molecule has 0 saturated carbocycles. The third-order valence-electron chi connectivity index (χ3n) is 8.69. The van der Waals surface area contributed by atoms with Crippen molar-refractivity contribution in [3.05, 3.63) is 171 Å². The first-order chi connectivity index (χ1) is 20.0. The molecule has 0 unspecified atom stereocenters. The molecule has 196 valence electrons. The number of halogens is 2. The molecule has 0 saturated heterocycles. The van der Waals surface area contributed by atoms with Crippen LogP contribution in [-0.2, 0) is 9.98 Å². The zero-order valence-electron chi connectivity index (χ0n) is 21.9. The maximum Gasteiger partial charge on any atom is 0.171 e. The van der Waals surface area contributed by atoms with Crippen molar-refractivity contribution >= 4 is 54.9 Å². The molecule has 0 fully saturated rings. The summed E-state index contributed by atoms with van der Waals surface area (Å²) in [5.41, 5.74) is 9.52. The Morgan fingerprint density at radius 1 is 0.415 bits per heavy atom. The maximum absolute atomic E-state index is 15.6. The summed E-state index contributed by atoms with van der Waals surface area (Å²) in [4.78, 5) is 0. The molecule has 0 heterocycles. The first-order valence-corrected chi connectivity index (χ1v) is 16.9. The molecule has 2 aliphatic carbocycles. The highest BCUT2D eigenvalue weighted by atomic mass is 79.9. The van der Waals surface area contributed by atoms with E-state index in [-0.39, 0.29) is 0 Å². The molecule has 0 amide bonds. The first-order valence-electron chi connectivity index (χ1n) is 13.6. The Bertz CT molecular complexity index is 1970. The Labute approximate surface area is 256 Å².